The van der Waals surface area contributed by atoms with E-state index >= 15 is 0 Å². The van der Waals surface area contributed by atoms with Crippen molar-refractivity contribution in [2.75, 3.05) is 0 Å². The largest absolute Gasteiger partial charge is 0.393 e. The monoisotopic (exact) mass is 234 g/mol. The molecule has 1 aromatic heterocycles. The fraction of sp³-hybridized carbons (Fsp3) is 0.643. The quantitative estimate of drug-likeness (QED) is 0.795. The van der Waals surface area contributed by atoms with Crippen molar-refractivity contribution >= 4 is 0 Å². The Morgan fingerprint density at radius 3 is 3.00 bits per heavy atom. The molecule has 1 N–H and O–H groups in total. The minimum absolute atomic E-state index is 0.195. The van der Waals surface area contributed by atoms with Crippen LogP contribution in [0.4, 0.5) is 0 Å². The third-order valence-corrected chi connectivity index (χ3v) is 3.41. The van der Waals surface area contributed by atoms with Crippen LogP contribution in [0.5, 0.6) is 0 Å². The van der Waals surface area contributed by atoms with E-state index in [1.165, 1.54) is 36.8 Å². The van der Waals surface area contributed by atoms with Gasteiger partial charge >= 0.3 is 0 Å². The summed E-state index contributed by atoms with van der Waals surface area (Å²) < 4.78 is 1.81. The van der Waals surface area contributed by atoms with Crippen LogP contribution in [0.3, 0.4) is 0 Å². The number of aryl methyl sites for hydroxylation is 2. The molecule has 0 spiro atoms. The second-order valence-corrected chi connectivity index (χ2v) is 5.03. The van der Waals surface area contributed by atoms with Crippen LogP contribution in [0.25, 0.3) is 0 Å². The molecule has 17 heavy (non-hydrogen) atoms. The maximum Gasteiger partial charge on any atom is 0.0580 e. The molecule has 0 bridgehead atoms. The SMILES string of the molecule is Cn1cc(CCC(O)CC2=CCCCC2)cn1. The van der Waals surface area contributed by atoms with Crippen molar-refractivity contribution in [1.82, 2.24) is 9.78 Å². The van der Waals surface area contributed by atoms with Crippen molar-refractivity contribution in [2.45, 2.75) is 51.0 Å². The summed E-state index contributed by atoms with van der Waals surface area (Å²) in [4.78, 5) is 0. The van der Waals surface area contributed by atoms with Crippen molar-refractivity contribution < 1.29 is 5.11 Å². The maximum absolute atomic E-state index is 10.0. The highest BCUT2D eigenvalue weighted by Crippen LogP contribution is 2.22. The van der Waals surface area contributed by atoms with Crippen LogP contribution in [-0.2, 0) is 13.5 Å². The Morgan fingerprint density at radius 1 is 1.47 bits per heavy atom. The van der Waals surface area contributed by atoms with Gasteiger partial charge in [0.05, 0.1) is 12.3 Å². The van der Waals surface area contributed by atoms with Gasteiger partial charge in [-0.3, -0.25) is 4.68 Å². The van der Waals surface area contributed by atoms with E-state index in [2.05, 4.69) is 11.2 Å². The van der Waals surface area contributed by atoms with Crippen molar-refractivity contribution in [3.05, 3.63) is 29.6 Å². The fourth-order valence-electron chi connectivity index (χ4n) is 2.43. The number of rotatable bonds is 5. The number of aliphatic hydroxyl groups is 1. The van der Waals surface area contributed by atoms with Crippen molar-refractivity contribution in [3.63, 3.8) is 0 Å². The molecule has 0 fully saturated rings. The Labute approximate surface area is 103 Å². The molecular weight excluding hydrogens is 212 g/mol. The Kier molecular flexibility index (Phi) is 4.37. The number of hydrogen-bond donors (Lipinski definition) is 1. The molecule has 0 saturated heterocycles. The van der Waals surface area contributed by atoms with Crippen LogP contribution in [0.2, 0.25) is 0 Å². The van der Waals surface area contributed by atoms with E-state index < -0.39 is 0 Å². The second-order valence-electron chi connectivity index (χ2n) is 5.03. The van der Waals surface area contributed by atoms with Gasteiger partial charge in [-0.2, -0.15) is 5.10 Å². The normalized spacial score (nSPS) is 17.9. The van der Waals surface area contributed by atoms with E-state index in [0.717, 1.165) is 19.3 Å². The van der Waals surface area contributed by atoms with Gasteiger partial charge in [0.2, 0.25) is 0 Å². The highest BCUT2D eigenvalue weighted by Gasteiger charge is 2.10. The van der Waals surface area contributed by atoms with Crippen molar-refractivity contribution in [3.8, 4) is 0 Å². The highest BCUT2D eigenvalue weighted by molar-refractivity contribution is 5.07. The zero-order chi connectivity index (χ0) is 12.1. The molecule has 0 amide bonds. The molecule has 0 aromatic carbocycles. The summed E-state index contributed by atoms with van der Waals surface area (Å²) in [5, 5.41) is 14.1. The summed E-state index contributed by atoms with van der Waals surface area (Å²) >= 11 is 0. The first-order valence-corrected chi connectivity index (χ1v) is 6.57. The topological polar surface area (TPSA) is 38.0 Å². The van der Waals surface area contributed by atoms with Crippen LogP contribution in [0.1, 0.15) is 44.1 Å². The lowest BCUT2D eigenvalue weighted by Gasteiger charge is -2.16. The van der Waals surface area contributed by atoms with Gasteiger partial charge in [0.1, 0.15) is 0 Å². The zero-order valence-electron chi connectivity index (χ0n) is 10.6. The molecule has 1 aliphatic rings. The van der Waals surface area contributed by atoms with Gasteiger partial charge in [-0.05, 0) is 50.5 Å². The van der Waals surface area contributed by atoms with Gasteiger partial charge in [-0.15, -0.1) is 0 Å². The first-order valence-electron chi connectivity index (χ1n) is 6.57. The van der Waals surface area contributed by atoms with Gasteiger partial charge in [-0.1, -0.05) is 11.6 Å². The van der Waals surface area contributed by atoms with Crippen LogP contribution >= 0.6 is 0 Å². The summed E-state index contributed by atoms with van der Waals surface area (Å²) in [6.07, 6.45) is 13.6. The summed E-state index contributed by atoms with van der Waals surface area (Å²) in [5.41, 5.74) is 2.67. The van der Waals surface area contributed by atoms with Gasteiger partial charge in [0, 0.05) is 13.2 Å². The number of allylic oxidation sites excluding steroid dienone is 1. The summed E-state index contributed by atoms with van der Waals surface area (Å²) in [6, 6.07) is 0. The van der Waals surface area contributed by atoms with E-state index in [4.69, 9.17) is 0 Å². The molecule has 1 aromatic rings. The summed E-state index contributed by atoms with van der Waals surface area (Å²) in [7, 11) is 1.92. The second kappa shape index (κ2) is 6.01. The molecule has 1 heterocycles. The average molecular weight is 234 g/mol. The molecule has 1 atom stereocenters. The summed E-state index contributed by atoms with van der Waals surface area (Å²) in [5.74, 6) is 0. The lowest BCUT2D eigenvalue weighted by molar-refractivity contribution is 0.163. The number of aromatic nitrogens is 2. The number of hydrogen-bond acceptors (Lipinski definition) is 2. The zero-order valence-corrected chi connectivity index (χ0v) is 10.6. The Hall–Kier alpha value is -1.09. The standard InChI is InChI=1S/C14H22N2O/c1-16-11-13(10-15-16)7-8-14(17)9-12-5-3-2-4-6-12/h5,10-11,14,17H,2-4,6-9H2,1H3. The van der Waals surface area contributed by atoms with Crippen LogP contribution < -0.4 is 0 Å². The highest BCUT2D eigenvalue weighted by atomic mass is 16.3. The summed E-state index contributed by atoms with van der Waals surface area (Å²) in [6.45, 7) is 0. The molecule has 1 unspecified atom stereocenters. The van der Waals surface area contributed by atoms with E-state index in [0.29, 0.717) is 0 Å². The molecule has 0 saturated carbocycles. The smallest absolute Gasteiger partial charge is 0.0580 e. The first kappa shape index (κ1) is 12.4. The molecule has 2 rings (SSSR count). The first-order chi connectivity index (χ1) is 8.24. The average Bonchev–Trinajstić information content (AvgIpc) is 2.74. The predicted molar refractivity (Wildman–Crippen MR) is 68.7 cm³/mol. The molecule has 0 radical (unpaired) electrons. The van der Waals surface area contributed by atoms with Crippen molar-refractivity contribution in [1.29, 1.82) is 0 Å². The van der Waals surface area contributed by atoms with E-state index in [9.17, 15) is 5.11 Å². The van der Waals surface area contributed by atoms with Crippen LogP contribution in [0.15, 0.2) is 24.0 Å². The van der Waals surface area contributed by atoms with Gasteiger partial charge in [-0.25, -0.2) is 0 Å². The lowest BCUT2D eigenvalue weighted by atomic mass is 9.93. The van der Waals surface area contributed by atoms with Gasteiger partial charge in [0.15, 0.2) is 0 Å². The van der Waals surface area contributed by atoms with Crippen LogP contribution in [0, 0.1) is 0 Å². The molecule has 0 aliphatic heterocycles. The Balaban J connectivity index is 1.73. The van der Waals surface area contributed by atoms with Gasteiger partial charge < -0.3 is 5.11 Å². The molecule has 3 nitrogen and oxygen atoms in total. The minimum Gasteiger partial charge on any atom is -0.393 e. The molecule has 94 valence electrons. The number of aliphatic hydroxyl groups excluding tert-OH is 1. The van der Waals surface area contributed by atoms with E-state index in [1.807, 2.05) is 24.1 Å². The molecular formula is C14H22N2O. The van der Waals surface area contributed by atoms with E-state index in [-0.39, 0.29) is 6.10 Å². The Bertz CT molecular complexity index is 381. The Morgan fingerprint density at radius 2 is 2.35 bits per heavy atom. The maximum atomic E-state index is 10.0. The van der Waals surface area contributed by atoms with E-state index in [1.54, 1.807) is 0 Å². The third kappa shape index (κ3) is 4.00. The third-order valence-electron chi connectivity index (χ3n) is 3.41. The molecule has 1 aliphatic carbocycles. The lowest BCUT2D eigenvalue weighted by Crippen LogP contribution is -2.10. The number of nitrogens with zero attached hydrogens (tertiary/aromatic N) is 2. The fourth-order valence-corrected chi connectivity index (χ4v) is 2.43. The van der Waals surface area contributed by atoms with Crippen LogP contribution in [-0.4, -0.2) is 21.0 Å². The van der Waals surface area contributed by atoms with Gasteiger partial charge in [0.25, 0.3) is 0 Å². The molecule has 3 heteroatoms. The predicted octanol–water partition coefficient (Wildman–Crippen LogP) is 2.60. The van der Waals surface area contributed by atoms with Crippen molar-refractivity contribution in [2.24, 2.45) is 7.05 Å². The minimum atomic E-state index is -0.195.